The fourth-order valence-corrected chi connectivity index (χ4v) is 0.688. The fraction of sp³-hybridized carbons (Fsp3) is 0.400. The van der Waals surface area contributed by atoms with Crippen molar-refractivity contribution in [3.63, 3.8) is 0 Å². The molecule has 0 aromatic heterocycles. The number of aliphatic hydroxyl groups is 2. The zero-order valence-electron chi connectivity index (χ0n) is 8.72. The summed E-state index contributed by atoms with van der Waals surface area (Å²) in [5.74, 6) is -1.56. The molecule has 2 N–H and O–H groups in total. The SMILES string of the molecule is C=CC(=O)OCC(O)C(=C)C(=O)OCCO. The third kappa shape index (κ3) is 5.28. The zero-order chi connectivity index (χ0) is 12.6. The van der Waals surface area contributed by atoms with Crippen molar-refractivity contribution in [3.8, 4) is 0 Å². The largest absolute Gasteiger partial charge is 0.460 e. The minimum Gasteiger partial charge on any atom is -0.460 e. The Labute approximate surface area is 92.8 Å². The first-order valence-electron chi connectivity index (χ1n) is 4.47. The van der Waals surface area contributed by atoms with Crippen LogP contribution >= 0.6 is 0 Å². The van der Waals surface area contributed by atoms with E-state index in [1.54, 1.807) is 0 Å². The van der Waals surface area contributed by atoms with Crippen molar-refractivity contribution in [2.45, 2.75) is 6.10 Å². The number of aliphatic hydroxyl groups excluding tert-OH is 2. The molecule has 16 heavy (non-hydrogen) atoms. The highest BCUT2D eigenvalue weighted by molar-refractivity contribution is 5.89. The lowest BCUT2D eigenvalue weighted by molar-refractivity contribution is -0.145. The molecule has 0 aliphatic carbocycles. The van der Waals surface area contributed by atoms with Gasteiger partial charge in [0.2, 0.25) is 0 Å². The van der Waals surface area contributed by atoms with Crippen molar-refractivity contribution < 1.29 is 29.3 Å². The van der Waals surface area contributed by atoms with E-state index in [0.717, 1.165) is 6.08 Å². The highest BCUT2D eigenvalue weighted by atomic mass is 16.5. The summed E-state index contributed by atoms with van der Waals surface area (Å²) in [6.45, 7) is 5.54. The standard InChI is InChI=1S/C10H14O6/c1-3-9(13)16-6-8(12)7(2)10(14)15-5-4-11/h3,8,11-12H,1-2,4-6H2. The number of carbonyl (C=O) groups is 2. The molecular formula is C10H14O6. The van der Waals surface area contributed by atoms with Crippen LogP contribution in [0.4, 0.5) is 0 Å². The molecule has 0 aromatic rings. The van der Waals surface area contributed by atoms with Gasteiger partial charge in [-0.15, -0.1) is 0 Å². The molecule has 0 saturated carbocycles. The maximum absolute atomic E-state index is 11.1. The van der Waals surface area contributed by atoms with Gasteiger partial charge >= 0.3 is 11.9 Å². The van der Waals surface area contributed by atoms with Crippen molar-refractivity contribution in [2.75, 3.05) is 19.8 Å². The van der Waals surface area contributed by atoms with Crippen LogP contribution in [0.25, 0.3) is 0 Å². The number of carbonyl (C=O) groups excluding carboxylic acids is 2. The third-order valence-electron chi connectivity index (χ3n) is 1.54. The molecule has 0 bridgehead atoms. The van der Waals surface area contributed by atoms with E-state index in [1.807, 2.05) is 0 Å². The van der Waals surface area contributed by atoms with Gasteiger partial charge in [-0.1, -0.05) is 13.2 Å². The van der Waals surface area contributed by atoms with Gasteiger partial charge in [0, 0.05) is 6.08 Å². The molecule has 0 aliphatic rings. The van der Waals surface area contributed by atoms with Crippen LogP contribution in [0.1, 0.15) is 0 Å². The minimum absolute atomic E-state index is 0.184. The molecule has 0 aliphatic heterocycles. The normalized spacial score (nSPS) is 11.4. The summed E-state index contributed by atoms with van der Waals surface area (Å²) in [5, 5.41) is 17.8. The van der Waals surface area contributed by atoms with E-state index in [4.69, 9.17) is 5.11 Å². The predicted molar refractivity (Wildman–Crippen MR) is 54.3 cm³/mol. The second-order valence-electron chi connectivity index (χ2n) is 2.73. The second kappa shape index (κ2) is 7.61. The van der Waals surface area contributed by atoms with Crippen molar-refractivity contribution in [2.24, 2.45) is 0 Å². The third-order valence-corrected chi connectivity index (χ3v) is 1.54. The van der Waals surface area contributed by atoms with E-state index in [1.165, 1.54) is 0 Å². The Morgan fingerprint density at radius 2 is 2.00 bits per heavy atom. The summed E-state index contributed by atoms with van der Waals surface area (Å²) < 4.78 is 9.00. The molecule has 0 rings (SSSR count). The number of hydrogen-bond acceptors (Lipinski definition) is 6. The average Bonchev–Trinajstić information content (AvgIpc) is 2.31. The smallest absolute Gasteiger partial charge is 0.336 e. The van der Waals surface area contributed by atoms with E-state index >= 15 is 0 Å². The van der Waals surface area contributed by atoms with E-state index in [0.29, 0.717) is 0 Å². The van der Waals surface area contributed by atoms with E-state index in [2.05, 4.69) is 22.6 Å². The molecule has 0 saturated heterocycles. The van der Waals surface area contributed by atoms with Crippen molar-refractivity contribution >= 4 is 11.9 Å². The monoisotopic (exact) mass is 230 g/mol. The van der Waals surface area contributed by atoms with Crippen LogP contribution in [0.5, 0.6) is 0 Å². The second-order valence-corrected chi connectivity index (χ2v) is 2.73. The average molecular weight is 230 g/mol. The van der Waals surface area contributed by atoms with E-state index in [9.17, 15) is 14.7 Å². The van der Waals surface area contributed by atoms with Crippen LogP contribution in [0.15, 0.2) is 24.8 Å². The predicted octanol–water partition coefficient (Wildman–Crippen LogP) is -0.832. The van der Waals surface area contributed by atoms with Gasteiger partial charge in [0.05, 0.1) is 12.2 Å². The Kier molecular flexibility index (Phi) is 6.82. The first kappa shape index (κ1) is 14.3. The van der Waals surface area contributed by atoms with Gasteiger partial charge in [0.25, 0.3) is 0 Å². The van der Waals surface area contributed by atoms with Gasteiger partial charge in [-0.25, -0.2) is 9.59 Å². The summed E-state index contributed by atoms with van der Waals surface area (Å²) in [5.41, 5.74) is -0.245. The zero-order valence-corrected chi connectivity index (χ0v) is 8.72. The van der Waals surface area contributed by atoms with Crippen LogP contribution in [0, 0.1) is 0 Å². The Hall–Kier alpha value is -1.66. The Morgan fingerprint density at radius 1 is 1.38 bits per heavy atom. The van der Waals surface area contributed by atoms with E-state index in [-0.39, 0.29) is 18.8 Å². The molecule has 0 spiro atoms. The molecule has 0 amide bonds. The highest BCUT2D eigenvalue weighted by Crippen LogP contribution is 2.03. The van der Waals surface area contributed by atoms with Gasteiger partial charge in [-0.3, -0.25) is 0 Å². The summed E-state index contributed by atoms with van der Waals surface area (Å²) in [7, 11) is 0. The van der Waals surface area contributed by atoms with Crippen LogP contribution < -0.4 is 0 Å². The fourth-order valence-electron chi connectivity index (χ4n) is 0.688. The number of rotatable bonds is 7. The van der Waals surface area contributed by atoms with Gasteiger partial charge in [-0.2, -0.15) is 0 Å². The van der Waals surface area contributed by atoms with Gasteiger partial charge in [-0.05, 0) is 0 Å². The molecule has 0 heterocycles. The topological polar surface area (TPSA) is 93.1 Å². The quantitative estimate of drug-likeness (QED) is 0.438. The van der Waals surface area contributed by atoms with Gasteiger partial charge < -0.3 is 19.7 Å². The molecule has 6 nitrogen and oxygen atoms in total. The number of ether oxygens (including phenoxy) is 2. The highest BCUT2D eigenvalue weighted by Gasteiger charge is 2.18. The van der Waals surface area contributed by atoms with Gasteiger partial charge in [0.1, 0.15) is 19.3 Å². The molecule has 0 aromatic carbocycles. The molecule has 0 radical (unpaired) electrons. The van der Waals surface area contributed by atoms with Gasteiger partial charge in [0.15, 0.2) is 0 Å². The number of hydrogen-bond donors (Lipinski definition) is 2. The minimum atomic E-state index is -1.34. The number of esters is 2. The molecule has 90 valence electrons. The molecular weight excluding hydrogens is 216 g/mol. The van der Waals surface area contributed by atoms with Crippen molar-refractivity contribution in [1.82, 2.24) is 0 Å². The summed E-state index contributed by atoms with van der Waals surface area (Å²) in [4.78, 5) is 21.8. The van der Waals surface area contributed by atoms with Crippen LogP contribution in [0.3, 0.4) is 0 Å². The maximum atomic E-state index is 11.1. The first-order chi connectivity index (χ1) is 7.52. The lowest BCUT2D eigenvalue weighted by Gasteiger charge is -2.12. The van der Waals surface area contributed by atoms with Crippen molar-refractivity contribution in [1.29, 1.82) is 0 Å². The molecule has 1 atom stereocenters. The first-order valence-corrected chi connectivity index (χ1v) is 4.47. The summed E-state index contributed by atoms with van der Waals surface area (Å²) >= 11 is 0. The molecule has 6 heteroatoms. The van der Waals surface area contributed by atoms with Crippen LogP contribution in [-0.2, 0) is 19.1 Å². The summed E-state index contributed by atoms with van der Waals surface area (Å²) in [6, 6.07) is 0. The molecule has 1 unspecified atom stereocenters. The Bertz CT molecular complexity index is 283. The maximum Gasteiger partial charge on any atom is 0.336 e. The Balaban J connectivity index is 4.02. The van der Waals surface area contributed by atoms with Crippen LogP contribution in [-0.4, -0.2) is 48.1 Å². The van der Waals surface area contributed by atoms with E-state index < -0.39 is 24.6 Å². The molecule has 0 fully saturated rings. The summed E-state index contributed by atoms with van der Waals surface area (Å²) in [6.07, 6.45) is -0.408. The van der Waals surface area contributed by atoms with Crippen LogP contribution in [0.2, 0.25) is 0 Å². The lowest BCUT2D eigenvalue weighted by Crippen LogP contribution is -2.25. The van der Waals surface area contributed by atoms with Crippen molar-refractivity contribution in [3.05, 3.63) is 24.8 Å². The lowest BCUT2D eigenvalue weighted by atomic mass is 10.2. The Morgan fingerprint density at radius 3 is 2.50 bits per heavy atom.